The van der Waals surface area contributed by atoms with Crippen LogP contribution in [0.3, 0.4) is 0 Å². The van der Waals surface area contributed by atoms with Gasteiger partial charge in [0.2, 0.25) is 0 Å². The van der Waals surface area contributed by atoms with Crippen molar-refractivity contribution in [2.75, 3.05) is 20.3 Å². The molecule has 0 saturated carbocycles. The summed E-state index contributed by atoms with van der Waals surface area (Å²) in [6.07, 6.45) is 1.24. The summed E-state index contributed by atoms with van der Waals surface area (Å²) in [5.41, 5.74) is 2.62. The molecule has 32 heavy (non-hydrogen) atoms. The predicted octanol–water partition coefficient (Wildman–Crippen LogP) is 4.50. The smallest absolute Gasteiger partial charge is 0.337 e. The number of methoxy groups -OCH3 is 1. The van der Waals surface area contributed by atoms with Gasteiger partial charge in [-0.1, -0.05) is 5.57 Å². The van der Waals surface area contributed by atoms with Crippen LogP contribution in [0.15, 0.2) is 48.2 Å². The summed E-state index contributed by atoms with van der Waals surface area (Å²) in [6.45, 7) is 7.79. The summed E-state index contributed by atoms with van der Waals surface area (Å²) in [5.74, 6) is 0.834. The number of benzene rings is 2. The number of phenolic OH excluding ortho intramolecular Hbond substituents is 2. The number of aromatic hydroxyl groups is 2. The largest absolute Gasteiger partial charge is 0.507 e. The molecule has 0 aliphatic carbocycles. The standard InChI is InChI=1S/C25H28O7/c1-5-30-14-23(28)31-22-12-19-21(27)13-20(26)18(11-6-15(2)3)25(19)32-24(22)16-7-9-17(29-4)10-8-16/h7-10,13,26-27H,2,5-6,11-12,14H2,1,3-4H3. The van der Waals surface area contributed by atoms with E-state index >= 15 is 0 Å². The third-order valence-corrected chi connectivity index (χ3v) is 5.05. The van der Waals surface area contributed by atoms with E-state index < -0.39 is 5.97 Å². The highest BCUT2D eigenvalue weighted by atomic mass is 16.6. The number of phenols is 2. The van der Waals surface area contributed by atoms with Gasteiger partial charge < -0.3 is 29.2 Å². The number of allylic oxidation sites excluding steroid dienone is 2. The van der Waals surface area contributed by atoms with Crippen LogP contribution < -0.4 is 9.47 Å². The van der Waals surface area contributed by atoms with Crippen molar-refractivity contribution in [1.82, 2.24) is 0 Å². The molecule has 3 rings (SSSR count). The van der Waals surface area contributed by atoms with Crippen LogP contribution >= 0.6 is 0 Å². The molecule has 0 radical (unpaired) electrons. The molecule has 0 spiro atoms. The van der Waals surface area contributed by atoms with Crippen molar-refractivity contribution in [2.45, 2.75) is 33.1 Å². The molecule has 2 N–H and O–H groups in total. The van der Waals surface area contributed by atoms with Crippen LogP contribution in [0.2, 0.25) is 0 Å². The molecule has 2 aromatic rings. The summed E-state index contributed by atoms with van der Waals surface area (Å²) >= 11 is 0. The van der Waals surface area contributed by atoms with Gasteiger partial charge in [-0.05, 0) is 51.0 Å². The van der Waals surface area contributed by atoms with Gasteiger partial charge in [-0.2, -0.15) is 0 Å². The molecule has 0 amide bonds. The second-order valence-electron chi connectivity index (χ2n) is 7.53. The molecule has 7 nitrogen and oxygen atoms in total. The molecule has 0 fully saturated rings. The molecule has 0 aromatic heterocycles. The van der Waals surface area contributed by atoms with Gasteiger partial charge in [0.15, 0.2) is 11.5 Å². The third-order valence-electron chi connectivity index (χ3n) is 5.05. The maximum absolute atomic E-state index is 12.3. The number of carbonyl (C=O) groups excluding carboxylic acids is 1. The maximum atomic E-state index is 12.3. The van der Waals surface area contributed by atoms with E-state index in [1.54, 1.807) is 38.3 Å². The Bertz CT molecular complexity index is 1040. The van der Waals surface area contributed by atoms with Crippen LogP contribution in [0.25, 0.3) is 5.76 Å². The Balaban J connectivity index is 2.06. The Morgan fingerprint density at radius 2 is 1.91 bits per heavy atom. The van der Waals surface area contributed by atoms with E-state index in [1.807, 2.05) is 6.92 Å². The summed E-state index contributed by atoms with van der Waals surface area (Å²) in [5, 5.41) is 21.0. The highest BCUT2D eigenvalue weighted by Gasteiger charge is 2.30. The van der Waals surface area contributed by atoms with Crippen LogP contribution in [0.4, 0.5) is 0 Å². The van der Waals surface area contributed by atoms with Gasteiger partial charge in [-0.15, -0.1) is 6.58 Å². The molecule has 7 heteroatoms. The Morgan fingerprint density at radius 3 is 2.53 bits per heavy atom. The molecule has 1 aliphatic heterocycles. The van der Waals surface area contributed by atoms with Gasteiger partial charge in [0.05, 0.1) is 7.11 Å². The van der Waals surface area contributed by atoms with Gasteiger partial charge in [-0.3, -0.25) is 0 Å². The second kappa shape index (κ2) is 10.2. The van der Waals surface area contributed by atoms with Crippen molar-refractivity contribution in [3.63, 3.8) is 0 Å². The number of fused-ring (bicyclic) bond motifs is 1. The molecule has 0 unspecified atom stereocenters. The molecule has 1 heterocycles. The van der Waals surface area contributed by atoms with E-state index in [-0.39, 0.29) is 30.3 Å². The first-order valence-electron chi connectivity index (χ1n) is 10.4. The van der Waals surface area contributed by atoms with Gasteiger partial charge in [0.25, 0.3) is 0 Å². The quantitative estimate of drug-likeness (QED) is 0.438. The van der Waals surface area contributed by atoms with Gasteiger partial charge in [0, 0.05) is 35.8 Å². The van der Waals surface area contributed by atoms with Gasteiger partial charge >= 0.3 is 5.97 Å². The first kappa shape index (κ1) is 23.2. The summed E-state index contributed by atoms with van der Waals surface area (Å²) in [6, 6.07) is 8.39. The van der Waals surface area contributed by atoms with E-state index in [9.17, 15) is 15.0 Å². The molecule has 0 bridgehead atoms. The third kappa shape index (κ3) is 5.23. The number of esters is 1. The van der Waals surface area contributed by atoms with E-state index in [1.165, 1.54) is 6.07 Å². The van der Waals surface area contributed by atoms with Crippen LogP contribution in [0.5, 0.6) is 23.0 Å². The average molecular weight is 440 g/mol. The van der Waals surface area contributed by atoms with Crippen LogP contribution in [0, 0.1) is 0 Å². The van der Waals surface area contributed by atoms with Crippen molar-refractivity contribution < 1.29 is 34.0 Å². The Labute approximate surface area is 187 Å². The summed E-state index contributed by atoms with van der Waals surface area (Å²) in [4.78, 5) is 12.3. The monoisotopic (exact) mass is 440 g/mol. The number of ether oxygens (including phenoxy) is 4. The van der Waals surface area contributed by atoms with E-state index in [0.717, 1.165) is 5.57 Å². The molecule has 2 aromatic carbocycles. The minimum atomic E-state index is -0.569. The second-order valence-corrected chi connectivity index (χ2v) is 7.53. The molecular weight excluding hydrogens is 412 g/mol. The molecule has 170 valence electrons. The Morgan fingerprint density at radius 1 is 1.19 bits per heavy atom. The Hall–Kier alpha value is -3.45. The normalized spacial score (nSPS) is 12.7. The Kier molecular flexibility index (Phi) is 7.43. The van der Waals surface area contributed by atoms with Crippen LogP contribution in [-0.4, -0.2) is 36.5 Å². The van der Waals surface area contributed by atoms with Crippen molar-refractivity contribution >= 4 is 11.7 Å². The van der Waals surface area contributed by atoms with Crippen LogP contribution in [-0.2, 0) is 27.1 Å². The molecule has 0 atom stereocenters. The van der Waals surface area contributed by atoms with Crippen molar-refractivity contribution in [1.29, 1.82) is 0 Å². The fourth-order valence-corrected chi connectivity index (χ4v) is 3.39. The first-order valence-corrected chi connectivity index (χ1v) is 10.4. The van der Waals surface area contributed by atoms with E-state index in [2.05, 4.69) is 6.58 Å². The number of carbonyl (C=O) groups is 1. The minimum absolute atomic E-state index is 0.0617. The lowest BCUT2D eigenvalue weighted by Crippen LogP contribution is -2.19. The summed E-state index contributed by atoms with van der Waals surface area (Å²) < 4.78 is 22.1. The highest BCUT2D eigenvalue weighted by Crippen LogP contribution is 2.46. The average Bonchev–Trinajstić information content (AvgIpc) is 2.77. The van der Waals surface area contributed by atoms with Crippen LogP contribution in [0.1, 0.15) is 37.0 Å². The first-order chi connectivity index (χ1) is 15.3. The lowest BCUT2D eigenvalue weighted by atomic mass is 9.95. The zero-order chi connectivity index (χ0) is 23.3. The molecular formula is C25H28O7. The van der Waals surface area contributed by atoms with Crippen molar-refractivity contribution in [2.24, 2.45) is 0 Å². The molecule has 1 aliphatic rings. The zero-order valence-electron chi connectivity index (χ0n) is 18.6. The number of rotatable bonds is 9. The van der Waals surface area contributed by atoms with Gasteiger partial charge in [-0.25, -0.2) is 4.79 Å². The predicted molar refractivity (Wildman–Crippen MR) is 120 cm³/mol. The maximum Gasteiger partial charge on any atom is 0.337 e. The minimum Gasteiger partial charge on any atom is -0.507 e. The van der Waals surface area contributed by atoms with Crippen molar-refractivity contribution in [3.05, 3.63) is 64.9 Å². The number of hydrogen-bond acceptors (Lipinski definition) is 7. The SMILES string of the molecule is C=C(C)CCc1c(O)cc(O)c2c1OC(c1ccc(OC)cc1)=C(OC(=O)COCC)C2. The van der Waals surface area contributed by atoms with E-state index in [0.29, 0.717) is 53.4 Å². The zero-order valence-corrected chi connectivity index (χ0v) is 18.6. The van der Waals surface area contributed by atoms with Crippen molar-refractivity contribution in [3.8, 4) is 23.0 Å². The van der Waals surface area contributed by atoms with Gasteiger partial charge in [0.1, 0.15) is 29.6 Å². The lowest BCUT2D eigenvalue weighted by molar-refractivity contribution is -0.144. The fourth-order valence-electron chi connectivity index (χ4n) is 3.39. The highest BCUT2D eigenvalue weighted by molar-refractivity contribution is 5.77. The fraction of sp³-hybridized carbons (Fsp3) is 0.320. The lowest BCUT2D eigenvalue weighted by Gasteiger charge is -2.26. The number of hydrogen-bond donors (Lipinski definition) is 2. The topological polar surface area (TPSA) is 94.5 Å². The van der Waals surface area contributed by atoms with E-state index in [4.69, 9.17) is 18.9 Å². The molecule has 0 saturated heterocycles. The summed E-state index contributed by atoms with van der Waals surface area (Å²) in [7, 11) is 1.57.